The molecule has 2 fully saturated rings. The van der Waals surface area contributed by atoms with E-state index in [2.05, 4.69) is 0 Å². The number of benzene rings is 1. The van der Waals surface area contributed by atoms with Crippen molar-refractivity contribution >= 4 is 11.8 Å². The van der Waals surface area contributed by atoms with Gasteiger partial charge in [-0.1, -0.05) is 18.2 Å². The van der Waals surface area contributed by atoms with Gasteiger partial charge in [0.2, 0.25) is 5.91 Å². The molecule has 2 heterocycles. The van der Waals surface area contributed by atoms with E-state index in [0.717, 1.165) is 37.8 Å². The minimum Gasteiger partial charge on any atom is -0.338 e. The van der Waals surface area contributed by atoms with Gasteiger partial charge in [-0.15, -0.1) is 0 Å². The Hall–Kier alpha value is -1.84. The van der Waals surface area contributed by atoms with Crippen molar-refractivity contribution < 1.29 is 9.59 Å². The highest BCUT2D eigenvalue weighted by Gasteiger charge is 2.44. The molecule has 4 heteroatoms. The van der Waals surface area contributed by atoms with Gasteiger partial charge in [0.1, 0.15) is 0 Å². The van der Waals surface area contributed by atoms with E-state index < -0.39 is 0 Å². The van der Waals surface area contributed by atoms with E-state index in [-0.39, 0.29) is 17.4 Å². The third-order valence-corrected chi connectivity index (χ3v) is 4.98. The molecule has 1 aromatic rings. The minimum atomic E-state index is -0.141. The number of nitrogens with zero attached hydrogens (tertiary/aromatic N) is 2. The molecule has 2 saturated heterocycles. The first-order valence-corrected chi connectivity index (χ1v) is 7.73. The van der Waals surface area contributed by atoms with E-state index in [1.807, 2.05) is 47.2 Å². The van der Waals surface area contributed by atoms with Crippen LogP contribution in [0.2, 0.25) is 0 Å². The number of likely N-dealkylation sites (N-methyl/N-ethyl adjacent to an activating group) is 1. The van der Waals surface area contributed by atoms with Crippen molar-refractivity contribution in [1.82, 2.24) is 9.80 Å². The number of carbonyl (C=O) groups excluding carboxylic acids is 2. The molecule has 0 N–H and O–H groups in total. The molecule has 0 aromatic heterocycles. The van der Waals surface area contributed by atoms with E-state index >= 15 is 0 Å². The fraction of sp³-hybridized carbons (Fsp3) is 0.529. The van der Waals surface area contributed by atoms with Crippen LogP contribution in [0.1, 0.15) is 42.5 Å². The Morgan fingerprint density at radius 2 is 1.86 bits per heavy atom. The minimum absolute atomic E-state index is 0.0843. The smallest absolute Gasteiger partial charge is 0.253 e. The lowest BCUT2D eigenvalue weighted by Gasteiger charge is -2.50. The van der Waals surface area contributed by atoms with Gasteiger partial charge in [-0.2, -0.15) is 0 Å². The van der Waals surface area contributed by atoms with Crippen molar-refractivity contribution in [2.24, 2.45) is 0 Å². The van der Waals surface area contributed by atoms with E-state index in [1.165, 1.54) is 0 Å². The fourth-order valence-corrected chi connectivity index (χ4v) is 3.70. The number of hydrogen-bond donors (Lipinski definition) is 0. The van der Waals surface area contributed by atoms with Crippen LogP contribution in [0.15, 0.2) is 30.3 Å². The summed E-state index contributed by atoms with van der Waals surface area (Å²) in [6, 6.07) is 9.42. The van der Waals surface area contributed by atoms with Gasteiger partial charge < -0.3 is 9.80 Å². The Balaban J connectivity index is 1.80. The zero-order valence-corrected chi connectivity index (χ0v) is 12.5. The molecule has 1 aromatic carbocycles. The maximum Gasteiger partial charge on any atom is 0.253 e. The molecule has 112 valence electrons. The van der Waals surface area contributed by atoms with Crippen LogP contribution in [-0.2, 0) is 4.79 Å². The Labute approximate surface area is 125 Å². The summed E-state index contributed by atoms with van der Waals surface area (Å²) in [5.74, 6) is 0.302. The van der Waals surface area contributed by atoms with Crippen molar-refractivity contribution in [3.63, 3.8) is 0 Å². The Morgan fingerprint density at radius 3 is 2.62 bits per heavy atom. The van der Waals surface area contributed by atoms with Crippen molar-refractivity contribution in [3.8, 4) is 0 Å². The van der Waals surface area contributed by atoms with Gasteiger partial charge in [-0.3, -0.25) is 9.59 Å². The maximum absolute atomic E-state index is 12.6. The highest BCUT2D eigenvalue weighted by molar-refractivity contribution is 5.94. The van der Waals surface area contributed by atoms with Crippen LogP contribution < -0.4 is 0 Å². The average molecular weight is 286 g/mol. The van der Waals surface area contributed by atoms with E-state index in [1.54, 1.807) is 0 Å². The van der Waals surface area contributed by atoms with E-state index in [9.17, 15) is 9.59 Å². The van der Waals surface area contributed by atoms with Crippen molar-refractivity contribution in [2.75, 3.05) is 20.1 Å². The number of hydrogen-bond acceptors (Lipinski definition) is 2. The number of amides is 2. The molecule has 1 atom stereocenters. The maximum atomic E-state index is 12.6. The lowest BCUT2D eigenvalue weighted by Crippen LogP contribution is -2.61. The predicted octanol–water partition coefficient (Wildman–Crippen LogP) is 2.30. The second kappa shape index (κ2) is 5.51. The van der Waals surface area contributed by atoms with Crippen LogP contribution in [0.25, 0.3) is 0 Å². The molecule has 2 aliphatic heterocycles. The van der Waals surface area contributed by atoms with Gasteiger partial charge in [0.05, 0.1) is 5.54 Å². The van der Waals surface area contributed by atoms with Gasteiger partial charge in [0, 0.05) is 32.1 Å². The SMILES string of the molecule is CN1C(=O)CCCC12CCCN(C(=O)c1ccccc1)C2. The molecule has 21 heavy (non-hydrogen) atoms. The highest BCUT2D eigenvalue weighted by Crippen LogP contribution is 2.36. The summed E-state index contributed by atoms with van der Waals surface area (Å²) in [6.07, 6.45) is 4.57. The van der Waals surface area contributed by atoms with Gasteiger partial charge in [0.15, 0.2) is 0 Å². The summed E-state index contributed by atoms with van der Waals surface area (Å²) >= 11 is 0. The monoisotopic (exact) mass is 286 g/mol. The molecular formula is C17H22N2O2. The second-order valence-electron chi connectivity index (χ2n) is 6.23. The van der Waals surface area contributed by atoms with Crippen LogP contribution in [0.4, 0.5) is 0 Å². The van der Waals surface area contributed by atoms with Crippen molar-refractivity contribution in [1.29, 1.82) is 0 Å². The highest BCUT2D eigenvalue weighted by atomic mass is 16.2. The molecule has 2 aliphatic rings. The molecule has 1 unspecified atom stereocenters. The Morgan fingerprint density at radius 1 is 1.14 bits per heavy atom. The molecule has 0 aliphatic carbocycles. The number of carbonyl (C=O) groups is 2. The van der Waals surface area contributed by atoms with Crippen LogP contribution in [0.3, 0.4) is 0 Å². The summed E-state index contributed by atoms with van der Waals surface area (Å²) in [7, 11) is 1.90. The van der Waals surface area contributed by atoms with Gasteiger partial charge in [-0.05, 0) is 37.8 Å². The van der Waals surface area contributed by atoms with Crippen LogP contribution in [-0.4, -0.2) is 47.3 Å². The lowest BCUT2D eigenvalue weighted by atomic mass is 9.80. The summed E-state index contributed by atoms with van der Waals surface area (Å²) in [5.41, 5.74) is 0.595. The molecule has 3 rings (SSSR count). The number of likely N-dealkylation sites (tertiary alicyclic amines) is 2. The summed E-state index contributed by atoms with van der Waals surface area (Å²) < 4.78 is 0. The summed E-state index contributed by atoms with van der Waals surface area (Å²) in [6.45, 7) is 1.46. The zero-order chi connectivity index (χ0) is 14.9. The van der Waals surface area contributed by atoms with Crippen LogP contribution in [0.5, 0.6) is 0 Å². The topological polar surface area (TPSA) is 40.6 Å². The summed E-state index contributed by atoms with van der Waals surface area (Å²) in [4.78, 5) is 28.5. The van der Waals surface area contributed by atoms with Gasteiger partial charge in [0.25, 0.3) is 5.91 Å². The standard InChI is InChI=1S/C17H22N2O2/c1-18-15(20)9-5-10-17(18)11-6-12-19(13-17)16(21)14-7-3-2-4-8-14/h2-4,7-8H,5-6,9-13H2,1H3. The number of piperidine rings is 2. The first-order chi connectivity index (χ1) is 10.1. The van der Waals surface area contributed by atoms with Gasteiger partial charge in [-0.25, -0.2) is 0 Å². The van der Waals surface area contributed by atoms with Gasteiger partial charge >= 0.3 is 0 Å². The van der Waals surface area contributed by atoms with Crippen LogP contribution >= 0.6 is 0 Å². The molecule has 4 nitrogen and oxygen atoms in total. The van der Waals surface area contributed by atoms with Crippen molar-refractivity contribution in [3.05, 3.63) is 35.9 Å². The molecule has 2 amide bonds. The normalized spacial score (nSPS) is 26.2. The quantitative estimate of drug-likeness (QED) is 0.795. The second-order valence-corrected chi connectivity index (χ2v) is 6.23. The molecule has 0 saturated carbocycles. The van der Waals surface area contributed by atoms with E-state index in [0.29, 0.717) is 13.0 Å². The van der Waals surface area contributed by atoms with E-state index in [4.69, 9.17) is 0 Å². The first kappa shape index (κ1) is 14.1. The molecule has 0 radical (unpaired) electrons. The third kappa shape index (κ3) is 2.55. The Bertz CT molecular complexity index is 539. The zero-order valence-electron chi connectivity index (χ0n) is 12.5. The summed E-state index contributed by atoms with van der Waals surface area (Å²) in [5, 5.41) is 0. The van der Waals surface area contributed by atoms with Crippen LogP contribution in [0, 0.1) is 0 Å². The fourth-order valence-electron chi connectivity index (χ4n) is 3.70. The Kier molecular flexibility index (Phi) is 3.70. The molecule has 0 bridgehead atoms. The van der Waals surface area contributed by atoms with Crippen molar-refractivity contribution in [2.45, 2.75) is 37.6 Å². The molecular weight excluding hydrogens is 264 g/mol. The third-order valence-electron chi connectivity index (χ3n) is 4.98. The average Bonchev–Trinajstić information content (AvgIpc) is 2.53. The predicted molar refractivity (Wildman–Crippen MR) is 80.9 cm³/mol. The number of rotatable bonds is 1. The lowest BCUT2D eigenvalue weighted by molar-refractivity contribution is -0.142. The molecule has 1 spiro atoms. The largest absolute Gasteiger partial charge is 0.338 e. The first-order valence-electron chi connectivity index (χ1n) is 7.73.